The Morgan fingerprint density at radius 3 is 2.27 bits per heavy atom. The van der Waals surface area contributed by atoms with Gasteiger partial charge in [-0.05, 0) is 24.9 Å². The minimum atomic E-state index is 0.365. The predicted octanol–water partition coefficient (Wildman–Crippen LogP) is 2.16. The van der Waals surface area contributed by atoms with Gasteiger partial charge in [0, 0.05) is 22.7 Å². The summed E-state index contributed by atoms with van der Waals surface area (Å²) in [4.78, 5) is 3.74. The van der Waals surface area contributed by atoms with Crippen molar-refractivity contribution < 1.29 is 0 Å². The Morgan fingerprint density at radius 1 is 1.33 bits per heavy atom. The molecule has 0 spiro atoms. The van der Waals surface area contributed by atoms with E-state index in [0.717, 1.165) is 5.12 Å². The summed E-state index contributed by atoms with van der Waals surface area (Å²) < 4.78 is 0. The van der Waals surface area contributed by atoms with Crippen LogP contribution in [0.15, 0.2) is 28.3 Å². The fraction of sp³-hybridized carbons (Fsp3) is 0.111. The topological polar surface area (TPSA) is 54.0 Å². The number of nitrogens with two attached hydrogens (primary N) is 1. The number of amidine groups is 1. The number of hydrazone groups is 1. The van der Waals surface area contributed by atoms with Gasteiger partial charge in [0.05, 0.1) is 0 Å². The molecule has 0 fully saturated rings. The predicted molar refractivity (Wildman–Crippen MR) is 64.5 cm³/mol. The molecule has 0 unspecified atom stereocenters. The highest BCUT2D eigenvalue weighted by Gasteiger charge is 2.04. The van der Waals surface area contributed by atoms with Crippen molar-refractivity contribution in [1.29, 1.82) is 0 Å². The van der Waals surface area contributed by atoms with E-state index >= 15 is 0 Å². The Labute approximate surface area is 98.0 Å². The molecule has 0 heterocycles. The van der Waals surface area contributed by atoms with E-state index in [1.54, 1.807) is 25.2 Å². The smallest absolute Gasteiger partial charge is 0.180 e. The summed E-state index contributed by atoms with van der Waals surface area (Å²) in [6.45, 7) is 3.40. The van der Waals surface area contributed by atoms with Crippen molar-refractivity contribution in [2.45, 2.75) is 0 Å². The van der Waals surface area contributed by atoms with Crippen molar-refractivity contribution in [3.05, 3.63) is 33.8 Å². The van der Waals surface area contributed by atoms with Crippen LogP contribution in [0.5, 0.6) is 0 Å². The Bertz CT molecular complexity index is 381. The lowest BCUT2D eigenvalue weighted by Crippen LogP contribution is -2.21. The largest absolute Gasteiger partial charge is 0.243 e. The van der Waals surface area contributed by atoms with E-state index in [4.69, 9.17) is 29.0 Å². The molecule has 15 heavy (non-hydrogen) atoms. The maximum absolute atomic E-state index is 5.84. The first kappa shape index (κ1) is 12.0. The second-order valence-electron chi connectivity index (χ2n) is 2.81. The second-order valence-corrected chi connectivity index (χ2v) is 3.69. The average Bonchev–Trinajstić information content (AvgIpc) is 2.12. The van der Waals surface area contributed by atoms with E-state index in [9.17, 15) is 0 Å². The van der Waals surface area contributed by atoms with Gasteiger partial charge >= 0.3 is 0 Å². The molecular weight excluding hydrogens is 235 g/mol. The summed E-state index contributed by atoms with van der Waals surface area (Å²) in [6.07, 6.45) is 0. The van der Waals surface area contributed by atoms with Gasteiger partial charge in [0.1, 0.15) is 0 Å². The number of rotatable bonds is 2. The lowest BCUT2D eigenvalue weighted by molar-refractivity contribution is 0.372. The molecule has 0 saturated carbocycles. The van der Waals surface area contributed by atoms with Crippen LogP contribution in [0.25, 0.3) is 0 Å². The van der Waals surface area contributed by atoms with Crippen molar-refractivity contribution in [2.24, 2.45) is 15.9 Å². The molecule has 2 N–H and O–H groups in total. The van der Waals surface area contributed by atoms with Crippen LogP contribution in [0.4, 0.5) is 0 Å². The fourth-order valence-electron chi connectivity index (χ4n) is 1.01. The van der Waals surface area contributed by atoms with E-state index in [2.05, 4.69) is 16.8 Å². The third kappa shape index (κ3) is 3.51. The minimum absolute atomic E-state index is 0.365. The summed E-state index contributed by atoms with van der Waals surface area (Å²) >= 11 is 11.7. The third-order valence-electron chi connectivity index (χ3n) is 1.52. The van der Waals surface area contributed by atoms with Crippen LogP contribution in [0.1, 0.15) is 5.56 Å². The summed E-state index contributed by atoms with van der Waals surface area (Å²) in [7, 11) is 1.58. The van der Waals surface area contributed by atoms with Crippen LogP contribution in [-0.2, 0) is 0 Å². The number of benzene rings is 1. The first-order valence-electron chi connectivity index (χ1n) is 4.03. The van der Waals surface area contributed by atoms with Crippen LogP contribution in [0.3, 0.4) is 0 Å². The molecule has 0 aliphatic rings. The van der Waals surface area contributed by atoms with Crippen molar-refractivity contribution in [3.63, 3.8) is 0 Å². The summed E-state index contributed by atoms with van der Waals surface area (Å²) in [5.74, 6) is 5.74. The van der Waals surface area contributed by atoms with Crippen LogP contribution >= 0.6 is 23.2 Å². The molecule has 0 bridgehead atoms. The Balaban J connectivity index is 3.18. The number of aliphatic imine (C=N–C) groups is 1. The third-order valence-corrected chi connectivity index (χ3v) is 1.96. The molecule has 0 aliphatic heterocycles. The Morgan fingerprint density at radius 2 is 1.87 bits per heavy atom. The number of hydrogen-bond acceptors (Lipinski definition) is 3. The molecule has 1 aromatic carbocycles. The van der Waals surface area contributed by atoms with Gasteiger partial charge < -0.3 is 0 Å². The van der Waals surface area contributed by atoms with Crippen molar-refractivity contribution in [1.82, 2.24) is 5.12 Å². The lowest BCUT2D eigenvalue weighted by Gasteiger charge is -2.07. The highest BCUT2D eigenvalue weighted by Crippen LogP contribution is 2.19. The van der Waals surface area contributed by atoms with E-state index in [0.29, 0.717) is 21.4 Å². The van der Waals surface area contributed by atoms with Gasteiger partial charge in [-0.2, -0.15) is 0 Å². The molecule has 80 valence electrons. The van der Waals surface area contributed by atoms with E-state index in [1.807, 2.05) is 0 Å². The minimum Gasteiger partial charge on any atom is -0.243 e. The second kappa shape index (κ2) is 5.11. The van der Waals surface area contributed by atoms with Gasteiger partial charge in [-0.25, -0.2) is 16.0 Å². The molecule has 1 rings (SSSR count). The number of halogens is 2. The highest BCUT2D eigenvalue weighted by atomic mass is 35.5. The quantitative estimate of drug-likeness (QED) is 0.375. The maximum atomic E-state index is 5.84. The summed E-state index contributed by atoms with van der Waals surface area (Å²) in [6, 6.07) is 4.99. The molecule has 0 aliphatic carbocycles. The summed E-state index contributed by atoms with van der Waals surface area (Å²) in [5.41, 5.74) is 0.666. The highest BCUT2D eigenvalue weighted by molar-refractivity contribution is 6.35. The molecular formula is C9H10Cl2N4. The number of hydrogen-bond donors (Lipinski definition) is 1. The van der Waals surface area contributed by atoms with Crippen LogP contribution in [0, 0.1) is 0 Å². The molecule has 0 aromatic heterocycles. The fourth-order valence-corrected chi connectivity index (χ4v) is 1.54. The molecule has 0 amide bonds. The van der Waals surface area contributed by atoms with Crippen LogP contribution in [0.2, 0.25) is 10.0 Å². The maximum Gasteiger partial charge on any atom is 0.180 e. The zero-order valence-corrected chi connectivity index (χ0v) is 9.63. The normalized spacial score (nSPS) is 11.3. The van der Waals surface area contributed by atoms with E-state index in [-0.39, 0.29) is 0 Å². The van der Waals surface area contributed by atoms with Gasteiger partial charge in [0.25, 0.3) is 0 Å². The average molecular weight is 245 g/mol. The first-order valence-corrected chi connectivity index (χ1v) is 4.78. The van der Waals surface area contributed by atoms with Gasteiger partial charge in [-0.3, -0.25) is 0 Å². The van der Waals surface area contributed by atoms with Gasteiger partial charge in [-0.1, -0.05) is 23.2 Å². The van der Waals surface area contributed by atoms with Crippen LogP contribution < -0.4 is 5.84 Å². The number of nitrogens with zero attached hydrogens (tertiary/aromatic N) is 3. The van der Waals surface area contributed by atoms with Crippen molar-refractivity contribution in [3.8, 4) is 0 Å². The monoisotopic (exact) mass is 244 g/mol. The van der Waals surface area contributed by atoms with Gasteiger partial charge in [0.15, 0.2) is 5.84 Å². The Hall–Kier alpha value is -1.10. The van der Waals surface area contributed by atoms with E-state index in [1.165, 1.54) is 0 Å². The molecule has 6 heteroatoms. The zero-order chi connectivity index (χ0) is 11.4. The van der Waals surface area contributed by atoms with E-state index < -0.39 is 0 Å². The SMILES string of the molecule is C=N/C(=N\N(C)N)c1cc(Cl)cc(Cl)c1. The molecule has 4 nitrogen and oxygen atoms in total. The lowest BCUT2D eigenvalue weighted by atomic mass is 10.2. The molecule has 0 saturated heterocycles. The summed E-state index contributed by atoms with van der Waals surface area (Å²) in [5, 5.41) is 6.08. The Kier molecular flexibility index (Phi) is 4.08. The standard InChI is InChI=1S/C9H10Cl2N4/c1-13-9(14-15(2)12)6-3-7(10)5-8(11)4-6/h3-5H,1,12H2,2H3/b14-9-. The molecule has 0 radical (unpaired) electrons. The van der Waals surface area contributed by atoms with Crippen molar-refractivity contribution in [2.75, 3.05) is 7.05 Å². The van der Waals surface area contributed by atoms with Gasteiger partial charge in [-0.15, -0.1) is 5.10 Å². The first-order chi connectivity index (χ1) is 7.02. The zero-order valence-electron chi connectivity index (χ0n) is 8.11. The van der Waals surface area contributed by atoms with Crippen molar-refractivity contribution >= 4 is 35.8 Å². The molecule has 1 aromatic rings. The van der Waals surface area contributed by atoms with Gasteiger partial charge in [0.2, 0.25) is 0 Å². The number of hydrazine groups is 1. The van der Waals surface area contributed by atoms with Crippen LogP contribution in [-0.4, -0.2) is 24.7 Å². The molecule has 0 atom stereocenters.